The number of hydrogen-bond donors (Lipinski definition) is 1. The highest BCUT2D eigenvalue weighted by Gasteiger charge is 2.17. The Kier molecular flexibility index (Phi) is 2.59. The van der Waals surface area contributed by atoms with Crippen LogP contribution in [0.15, 0.2) is 18.2 Å². The summed E-state index contributed by atoms with van der Waals surface area (Å²) >= 11 is 0. The number of para-hydroxylation sites is 1. The minimum atomic E-state index is 0.200. The molecule has 3 heteroatoms. The summed E-state index contributed by atoms with van der Waals surface area (Å²) in [6, 6.07) is 6.14. The zero-order valence-electron chi connectivity index (χ0n) is 8.32. The van der Waals surface area contributed by atoms with Crippen LogP contribution < -0.4 is 15.2 Å². The Bertz CT molecular complexity index is 325. The number of hydrogen-bond acceptors (Lipinski definition) is 3. The van der Waals surface area contributed by atoms with E-state index in [9.17, 15) is 0 Å². The highest BCUT2D eigenvalue weighted by Crippen LogP contribution is 2.35. The van der Waals surface area contributed by atoms with Crippen LogP contribution in [-0.4, -0.2) is 12.8 Å². The normalized spacial score (nSPS) is 15.6. The topological polar surface area (TPSA) is 44.5 Å². The molecule has 1 unspecified atom stereocenters. The highest BCUT2D eigenvalue weighted by atomic mass is 16.7. The molecule has 76 valence electrons. The number of rotatable bonds is 3. The average molecular weight is 193 g/mol. The van der Waals surface area contributed by atoms with Gasteiger partial charge in [0.25, 0.3) is 0 Å². The Morgan fingerprint density at radius 3 is 3.07 bits per heavy atom. The van der Waals surface area contributed by atoms with Crippen molar-refractivity contribution in [2.75, 3.05) is 6.79 Å². The van der Waals surface area contributed by atoms with Crippen LogP contribution >= 0.6 is 0 Å². The predicted molar refractivity (Wildman–Crippen MR) is 54.5 cm³/mol. The molecule has 1 aromatic carbocycles. The lowest BCUT2D eigenvalue weighted by Gasteiger charge is -2.10. The molecule has 0 amide bonds. The summed E-state index contributed by atoms with van der Waals surface area (Å²) in [6.07, 6.45) is 1.83. The second kappa shape index (κ2) is 3.88. The van der Waals surface area contributed by atoms with E-state index in [1.807, 2.05) is 18.2 Å². The van der Waals surface area contributed by atoms with E-state index in [1.54, 1.807) is 0 Å². The van der Waals surface area contributed by atoms with E-state index in [0.717, 1.165) is 29.9 Å². The van der Waals surface area contributed by atoms with E-state index in [0.29, 0.717) is 6.79 Å². The van der Waals surface area contributed by atoms with Crippen LogP contribution in [0.2, 0.25) is 0 Å². The smallest absolute Gasteiger partial charge is 0.231 e. The molecule has 0 radical (unpaired) electrons. The first-order valence-corrected chi connectivity index (χ1v) is 4.94. The monoisotopic (exact) mass is 193 g/mol. The van der Waals surface area contributed by atoms with Crippen molar-refractivity contribution in [3.8, 4) is 11.5 Å². The van der Waals surface area contributed by atoms with Gasteiger partial charge in [0.05, 0.1) is 0 Å². The number of fused-ring (bicyclic) bond motifs is 1. The third-order valence-electron chi connectivity index (χ3n) is 2.48. The van der Waals surface area contributed by atoms with Gasteiger partial charge in [-0.2, -0.15) is 0 Å². The first-order chi connectivity index (χ1) is 6.81. The molecular formula is C11H15NO2. The molecule has 1 aliphatic heterocycles. The Hall–Kier alpha value is -1.22. The van der Waals surface area contributed by atoms with Gasteiger partial charge in [-0.25, -0.2) is 0 Å². The van der Waals surface area contributed by atoms with Crippen LogP contribution in [0.1, 0.15) is 18.9 Å². The lowest BCUT2D eigenvalue weighted by Crippen LogP contribution is -2.21. The van der Waals surface area contributed by atoms with Crippen molar-refractivity contribution in [3.05, 3.63) is 23.8 Å². The molecule has 1 aromatic rings. The maximum absolute atomic E-state index is 5.90. The third-order valence-corrected chi connectivity index (χ3v) is 2.48. The predicted octanol–water partition coefficient (Wildman–Crippen LogP) is 1.70. The largest absolute Gasteiger partial charge is 0.454 e. The van der Waals surface area contributed by atoms with Gasteiger partial charge in [0.1, 0.15) is 0 Å². The van der Waals surface area contributed by atoms with E-state index < -0.39 is 0 Å². The quantitative estimate of drug-likeness (QED) is 0.794. The van der Waals surface area contributed by atoms with Gasteiger partial charge < -0.3 is 15.2 Å². The maximum atomic E-state index is 5.90. The van der Waals surface area contributed by atoms with Gasteiger partial charge >= 0.3 is 0 Å². The minimum absolute atomic E-state index is 0.200. The first-order valence-electron chi connectivity index (χ1n) is 4.94. The van der Waals surface area contributed by atoms with Crippen molar-refractivity contribution in [3.63, 3.8) is 0 Å². The van der Waals surface area contributed by atoms with Gasteiger partial charge in [-0.05, 0) is 24.5 Å². The van der Waals surface area contributed by atoms with Gasteiger partial charge in [-0.3, -0.25) is 0 Å². The van der Waals surface area contributed by atoms with Crippen LogP contribution in [0.3, 0.4) is 0 Å². The van der Waals surface area contributed by atoms with Gasteiger partial charge in [-0.15, -0.1) is 0 Å². The summed E-state index contributed by atoms with van der Waals surface area (Å²) in [6.45, 7) is 2.42. The Balaban J connectivity index is 2.22. The standard InChI is InChI=1S/C11H15NO2/c1-2-9(12)6-8-4-3-5-10-11(8)14-7-13-10/h3-5,9H,2,6-7,12H2,1H3. The Morgan fingerprint density at radius 2 is 2.29 bits per heavy atom. The zero-order valence-corrected chi connectivity index (χ0v) is 8.32. The summed E-state index contributed by atoms with van der Waals surface area (Å²) in [5.74, 6) is 1.71. The molecule has 14 heavy (non-hydrogen) atoms. The van der Waals surface area contributed by atoms with E-state index in [4.69, 9.17) is 15.2 Å². The van der Waals surface area contributed by atoms with Crippen LogP contribution in [0.5, 0.6) is 11.5 Å². The van der Waals surface area contributed by atoms with E-state index in [1.165, 1.54) is 0 Å². The number of ether oxygens (including phenoxy) is 2. The van der Waals surface area contributed by atoms with Gasteiger partial charge in [0, 0.05) is 6.04 Å². The molecule has 0 aliphatic carbocycles. The third kappa shape index (κ3) is 1.68. The SMILES string of the molecule is CCC(N)Cc1cccc2c1OCO2. The van der Waals surface area contributed by atoms with Gasteiger partial charge in [-0.1, -0.05) is 19.1 Å². The molecule has 0 fully saturated rings. The summed E-state index contributed by atoms with van der Waals surface area (Å²) in [5, 5.41) is 0. The Morgan fingerprint density at radius 1 is 1.43 bits per heavy atom. The number of nitrogens with two attached hydrogens (primary N) is 1. The summed E-state index contributed by atoms with van der Waals surface area (Å²) < 4.78 is 10.7. The van der Waals surface area contributed by atoms with Crippen LogP contribution in [0.25, 0.3) is 0 Å². The van der Waals surface area contributed by atoms with Crippen molar-refractivity contribution < 1.29 is 9.47 Å². The second-order valence-electron chi connectivity index (χ2n) is 3.52. The van der Waals surface area contributed by atoms with Crippen molar-refractivity contribution in [2.24, 2.45) is 5.73 Å². The highest BCUT2D eigenvalue weighted by molar-refractivity contribution is 5.48. The van der Waals surface area contributed by atoms with Gasteiger partial charge in [0.15, 0.2) is 11.5 Å². The van der Waals surface area contributed by atoms with Crippen molar-refractivity contribution in [2.45, 2.75) is 25.8 Å². The average Bonchev–Trinajstić information content (AvgIpc) is 2.66. The molecular weight excluding hydrogens is 178 g/mol. The molecule has 0 saturated carbocycles. The van der Waals surface area contributed by atoms with Crippen LogP contribution in [-0.2, 0) is 6.42 Å². The van der Waals surface area contributed by atoms with E-state index in [2.05, 4.69) is 6.92 Å². The Labute approximate surface area is 83.8 Å². The number of benzene rings is 1. The van der Waals surface area contributed by atoms with Crippen molar-refractivity contribution in [1.82, 2.24) is 0 Å². The van der Waals surface area contributed by atoms with Crippen LogP contribution in [0, 0.1) is 0 Å². The maximum Gasteiger partial charge on any atom is 0.231 e. The summed E-state index contributed by atoms with van der Waals surface area (Å²) in [5.41, 5.74) is 7.05. The molecule has 3 nitrogen and oxygen atoms in total. The molecule has 0 bridgehead atoms. The lowest BCUT2D eigenvalue weighted by atomic mass is 10.0. The lowest BCUT2D eigenvalue weighted by molar-refractivity contribution is 0.173. The molecule has 1 heterocycles. The van der Waals surface area contributed by atoms with E-state index in [-0.39, 0.29) is 6.04 Å². The fraction of sp³-hybridized carbons (Fsp3) is 0.455. The fourth-order valence-electron chi connectivity index (χ4n) is 1.58. The minimum Gasteiger partial charge on any atom is -0.454 e. The molecule has 1 aliphatic rings. The second-order valence-corrected chi connectivity index (χ2v) is 3.52. The zero-order chi connectivity index (χ0) is 9.97. The molecule has 0 spiro atoms. The molecule has 0 saturated heterocycles. The van der Waals surface area contributed by atoms with Gasteiger partial charge in [0.2, 0.25) is 6.79 Å². The van der Waals surface area contributed by atoms with Crippen molar-refractivity contribution >= 4 is 0 Å². The van der Waals surface area contributed by atoms with Crippen LogP contribution in [0.4, 0.5) is 0 Å². The van der Waals surface area contributed by atoms with Crippen molar-refractivity contribution in [1.29, 1.82) is 0 Å². The fourth-order valence-corrected chi connectivity index (χ4v) is 1.58. The molecule has 2 rings (SSSR count). The molecule has 1 atom stereocenters. The molecule has 2 N–H and O–H groups in total. The summed E-state index contributed by atoms with van der Waals surface area (Å²) in [4.78, 5) is 0. The first kappa shape index (κ1) is 9.34. The van der Waals surface area contributed by atoms with E-state index >= 15 is 0 Å². The summed E-state index contributed by atoms with van der Waals surface area (Å²) in [7, 11) is 0. The molecule has 0 aromatic heterocycles.